The molecule has 144 valence electrons. The molecule has 1 heterocycles. The van der Waals surface area contributed by atoms with Gasteiger partial charge in [0, 0.05) is 5.41 Å². The second kappa shape index (κ2) is 7.69. The van der Waals surface area contributed by atoms with Crippen molar-refractivity contribution in [2.24, 2.45) is 5.41 Å². The zero-order valence-electron chi connectivity index (χ0n) is 16.1. The highest BCUT2D eigenvalue weighted by Crippen LogP contribution is 2.22. The van der Waals surface area contributed by atoms with Gasteiger partial charge in [0.25, 0.3) is 0 Å². The molecule has 0 saturated carbocycles. The fourth-order valence-corrected chi connectivity index (χ4v) is 2.46. The SMILES string of the molecule is Cc1nn(Cc2ccc(C(=O)OCC(=O)C(C)(C)C)cc2)c(C)c1[N+](=O)[O-]. The zero-order chi connectivity index (χ0) is 20.4. The van der Waals surface area contributed by atoms with Crippen molar-refractivity contribution in [1.82, 2.24) is 9.78 Å². The Balaban J connectivity index is 2.05. The van der Waals surface area contributed by atoms with Crippen molar-refractivity contribution in [1.29, 1.82) is 0 Å². The molecular formula is C19H23N3O5. The van der Waals surface area contributed by atoms with Crippen LogP contribution in [-0.4, -0.2) is 33.1 Å². The smallest absolute Gasteiger partial charge is 0.338 e. The number of nitrogens with zero attached hydrogens (tertiary/aromatic N) is 3. The Morgan fingerprint density at radius 1 is 1.19 bits per heavy atom. The minimum atomic E-state index is -0.569. The summed E-state index contributed by atoms with van der Waals surface area (Å²) in [5.74, 6) is -0.723. The Bertz CT molecular complexity index is 876. The van der Waals surface area contributed by atoms with Gasteiger partial charge >= 0.3 is 11.7 Å². The summed E-state index contributed by atoms with van der Waals surface area (Å²) in [5.41, 5.74) is 1.45. The molecule has 0 unspecified atom stereocenters. The maximum Gasteiger partial charge on any atom is 0.338 e. The topological polar surface area (TPSA) is 104 Å². The van der Waals surface area contributed by atoms with Crippen LogP contribution in [0.25, 0.3) is 0 Å². The molecule has 0 atom stereocenters. The number of Topliss-reactive ketones (excluding diaryl/α,β-unsaturated/α-hetero) is 1. The van der Waals surface area contributed by atoms with Crippen LogP contribution in [0.1, 0.15) is 48.1 Å². The second-order valence-electron chi connectivity index (χ2n) is 7.38. The lowest BCUT2D eigenvalue weighted by molar-refractivity contribution is -0.386. The predicted octanol–water partition coefficient (Wildman–Crippen LogP) is 3.23. The molecule has 0 bridgehead atoms. The molecule has 2 rings (SSSR count). The summed E-state index contributed by atoms with van der Waals surface area (Å²) in [6.07, 6.45) is 0. The highest BCUT2D eigenvalue weighted by atomic mass is 16.6. The average molecular weight is 373 g/mol. The fourth-order valence-electron chi connectivity index (χ4n) is 2.46. The number of ketones is 1. The number of benzene rings is 1. The molecule has 0 saturated heterocycles. The van der Waals surface area contributed by atoms with E-state index >= 15 is 0 Å². The van der Waals surface area contributed by atoms with Crippen LogP contribution in [-0.2, 0) is 16.1 Å². The summed E-state index contributed by atoms with van der Waals surface area (Å²) in [5, 5.41) is 15.3. The minimum absolute atomic E-state index is 0.0127. The quantitative estimate of drug-likeness (QED) is 0.437. The number of aryl methyl sites for hydroxylation is 1. The Morgan fingerprint density at radius 2 is 1.78 bits per heavy atom. The van der Waals surface area contributed by atoms with Crippen molar-refractivity contribution in [2.75, 3.05) is 6.61 Å². The van der Waals surface area contributed by atoms with Gasteiger partial charge in [-0.05, 0) is 31.5 Å². The van der Waals surface area contributed by atoms with E-state index in [0.717, 1.165) is 5.56 Å². The Morgan fingerprint density at radius 3 is 2.26 bits per heavy atom. The predicted molar refractivity (Wildman–Crippen MR) is 98.6 cm³/mol. The minimum Gasteiger partial charge on any atom is -0.454 e. The first-order chi connectivity index (χ1) is 12.5. The maximum atomic E-state index is 12.1. The highest BCUT2D eigenvalue weighted by Gasteiger charge is 2.23. The van der Waals surface area contributed by atoms with Gasteiger partial charge in [-0.2, -0.15) is 5.10 Å². The van der Waals surface area contributed by atoms with Crippen LogP contribution in [0.2, 0.25) is 0 Å². The molecule has 27 heavy (non-hydrogen) atoms. The van der Waals surface area contributed by atoms with Crippen molar-refractivity contribution in [2.45, 2.75) is 41.2 Å². The van der Waals surface area contributed by atoms with Crippen LogP contribution in [0.4, 0.5) is 5.69 Å². The molecule has 8 heteroatoms. The first kappa shape index (κ1) is 20.3. The number of ether oxygens (including phenoxy) is 1. The van der Waals surface area contributed by atoms with E-state index in [9.17, 15) is 19.7 Å². The second-order valence-corrected chi connectivity index (χ2v) is 7.38. The first-order valence-electron chi connectivity index (χ1n) is 8.48. The third-order valence-electron chi connectivity index (χ3n) is 4.22. The summed E-state index contributed by atoms with van der Waals surface area (Å²) in [6, 6.07) is 6.65. The van der Waals surface area contributed by atoms with Crippen molar-refractivity contribution >= 4 is 17.4 Å². The normalized spacial score (nSPS) is 11.3. The molecule has 0 aliphatic carbocycles. The maximum absolute atomic E-state index is 12.1. The Kier molecular flexibility index (Phi) is 5.78. The molecule has 0 aliphatic heterocycles. The third-order valence-corrected chi connectivity index (χ3v) is 4.22. The van der Waals surface area contributed by atoms with E-state index in [0.29, 0.717) is 23.5 Å². The van der Waals surface area contributed by atoms with E-state index in [2.05, 4.69) is 5.10 Å². The van der Waals surface area contributed by atoms with Crippen LogP contribution in [0.3, 0.4) is 0 Å². The lowest BCUT2D eigenvalue weighted by atomic mass is 9.91. The molecule has 1 aromatic heterocycles. The molecule has 0 amide bonds. The highest BCUT2D eigenvalue weighted by molar-refractivity contribution is 5.92. The Labute approximate surface area is 157 Å². The number of esters is 1. The van der Waals surface area contributed by atoms with Gasteiger partial charge in [0.1, 0.15) is 11.4 Å². The molecule has 2 aromatic rings. The summed E-state index contributed by atoms with van der Waals surface area (Å²) in [7, 11) is 0. The lowest BCUT2D eigenvalue weighted by Gasteiger charge is -2.16. The van der Waals surface area contributed by atoms with Gasteiger partial charge in [0.15, 0.2) is 12.4 Å². The zero-order valence-corrected chi connectivity index (χ0v) is 16.1. The van der Waals surface area contributed by atoms with Crippen LogP contribution in [0, 0.1) is 29.4 Å². The van der Waals surface area contributed by atoms with Crippen molar-refractivity contribution in [3.63, 3.8) is 0 Å². The van der Waals surface area contributed by atoms with E-state index in [1.165, 1.54) is 0 Å². The van der Waals surface area contributed by atoms with Gasteiger partial charge in [-0.3, -0.25) is 19.6 Å². The number of carbonyl (C=O) groups excluding carboxylic acids is 2. The molecule has 1 aromatic carbocycles. The van der Waals surface area contributed by atoms with E-state index in [1.807, 2.05) is 0 Å². The van der Waals surface area contributed by atoms with Gasteiger partial charge in [0.2, 0.25) is 0 Å². The molecule has 0 aliphatic rings. The molecule has 0 fully saturated rings. The van der Waals surface area contributed by atoms with E-state index in [1.54, 1.807) is 63.6 Å². The third kappa shape index (κ3) is 4.78. The van der Waals surface area contributed by atoms with Crippen molar-refractivity contribution < 1.29 is 19.2 Å². The standard InChI is InChI=1S/C19H23N3O5/c1-12-17(22(25)26)13(2)21(20-12)10-14-6-8-15(9-7-14)18(24)27-11-16(23)19(3,4)5/h6-9H,10-11H2,1-5H3. The molecule has 0 spiro atoms. The number of rotatable bonds is 6. The number of carbonyl (C=O) groups is 2. The number of nitro groups is 1. The summed E-state index contributed by atoms with van der Waals surface area (Å²) < 4.78 is 6.62. The van der Waals surface area contributed by atoms with Gasteiger partial charge in [-0.15, -0.1) is 0 Å². The van der Waals surface area contributed by atoms with Crippen LogP contribution >= 0.6 is 0 Å². The first-order valence-corrected chi connectivity index (χ1v) is 8.48. The van der Waals surface area contributed by atoms with Crippen LogP contribution in [0.5, 0.6) is 0 Å². The van der Waals surface area contributed by atoms with E-state index in [-0.39, 0.29) is 18.1 Å². The van der Waals surface area contributed by atoms with E-state index < -0.39 is 16.3 Å². The van der Waals surface area contributed by atoms with Crippen molar-refractivity contribution in [3.8, 4) is 0 Å². The van der Waals surface area contributed by atoms with Crippen LogP contribution < -0.4 is 0 Å². The summed E-state index contributed by atoms with van der Waals surface area (Å²) in [6.45, 7) is 8.62. The van der Waals surface area contributed by atoms with Crippen LogP contribution in [0.15, 0.2) is 24.3 Å². The van der Waals surface area contributed by atoms with E-state index in [4.69, 9.17) is 4.74 Å². The number of hydrogen-bond acceptors (Lipinski definition) is 6. The monoisotopic (exact) mass is 373 g/mol. The number of aromatic nitrogens is 2. The summed E-state index contributed by atoms with van der Waals surface area (Å²) in [4.78, 5) is 34.5. The van der Waals surface area contributed by atoms with Gasteiger partial charge in [-0.25, -0.2) is 4.79 Å². The molecule has 8 nitrogen and oxygen atoms in total. The Hall–Kier alpha value is -3.03. The van der Waals surface area contributed by atoms with Gasteiger partial charge < -0.3 is 4.74 Å². The van der Waals surface area contributed by atoms with Crippen molar-refractivity contribution in [3.05, 3.63) is 56.9 Å². The lowest BCUT2D eigenvalue weighted by Crippen LogP contribution is -2.26. The molecule has 0 N–H and O–H groups in total. The largest absolute Gasteiger partial charge is 0.454 e. The van der Waals surface area contributed by atoms with Gasteiger partial charge in [-0.1, -0.05) is 32.9 Å². The fraction of sp³-hybridized carbons (Fsp3) is 0.421. The molecular weight excluding hydrogens is 350 g/mol. The van der Waals surface area contributed by atoms with Gasteiger partial charge in [0.05, 0.1) is 17.0 Å². The number of hydrogen-bond donors (Lipinski definition) is 0. The average Bonchev–Trinajstić information content (AvgIpc) is 2.85. The molecule has 0 radical (unpaired) electrons. The summed E-state index contributed by atoms with van der Waals surface area (Å²) >= 11 is 0.